The van der Waals surface area contributed by atoms with Crippen molar-refractivity contribution in [1.29, 1.82) is 0 Å². The molecule has 0 atom stereocenters. The predicted molar refractivity (Wildman–Crippen MR) is 82.0 cm³/mol. The van der Waals surface area contributed by atoms with Crippen LogP contribution in [0.2, 0.25) is 0 Å². The lowest BCUT2D eigenvalue weighted by atomic mass is 10.2. The molecule has 0 spiro atoms. The van der Waals surface area contributed by atoms with E-state index in [0.717, 1.165) is 5.56 Å². The fourth-order valence-corrected chi connectivity index (χ4v) is 2.15. The molecule has 0 radical (unpaired) electrons. The fraction of sp³-hybridized carbons (Fsp3) is 0.188. The van der Waals surface area contributed by atoms with Crippen LogP contribution in [0.25, 0.3) is 5.82 Å². The molecule has 0 saturated heterocycles. The molecule has 23 heavy (non-hydrogen) atoms. The third-order valence-corrected chi connectivity index (χ3v) is 3.20. The van der Waals surface area contributed by atoms with E-state index in [9.17, 15) is 4.79 Å². The quantitative estimate of drug-likeness (QED) is 0.752. The molecule has 0 fully saturated rings. The second-order valence-corrected chi connectivity index (χ2v) is 4.82. The first-order valence-corrected chi connectivity index (χ1v) is 7.07. The highest BCUT2D eigenvalue weighted by atomic mass is 16.5. The van der Waals surface area contributed by atoms with Crippen molar-refractivity contribution in [1.82, 2.24) is 20.1 Å². The van der Waals surface area contributed by atoms with Crippen LogP contribution < -0.4 is 5.32 Å². The van der Waals surface area contributed by atoms with E-state index in [1.165, 1.54) is 0 Å². The highest BCUT2D eigenvalue weighted by Gasteiger charge is 2.12. The van der Waals surface area contributed by atoms with Crippen LogP contribution in [0, 0.1) is 0 Å². The molecular formula is C16H16N4O3. The van der Waals surface area contributed by atoms with Gasteiger partial charge in [-0.25, -0.2) is 9.67 Å². The van der Waals surface area contributed by atoms with Crippen molar-refractivity contribution in [3.8, 4) is 5.82 Å². The Kier molecular flexibility index (Phi) is 4.49. The van der Waals surface area contributed by atoms with E-state index in [2.05, 4.69) is 15.4 Å². The molecule has 0 aliphatic heterocycles. The number of aromatic nitrogens is 3. The Morgan fingerprint density at radius 1 is 1.30 bits per heavy atom. The van der Waals surface area contributed by atoms with E-state index in [-0.39, 0.29) is 11.7 Å². The highest BCUT2D eigenvalue weighted by Crippen LogP contribution is 2.12. The Balaban J connectivity index is 1.69. The lowest BCUT2D eigenvalue weighted by molar-refractivity contribution is 0.0914. The van der Waals surface area contributed by atoms with Crippen molar-refractivity contribution in [3.63, 3.8) is 0 Å². The summed E-state index contributed by atoms with van der Waals surface area (Å²) >= 11 is 0. The summed E-state index contributed by atoms with van der Waals surface area (Å²) in [6.07, 6.45) is 5.17. The molecule has 0 aliphatic carbocycles. The number of nitrogens with one attached hydrogen (secondary N) is 1. The van der Waals surface area contributed by atoms with Gasteiger partial charge in [-0.15, -0.1) is 0 Å². The molecule has 0 saturated carbocycles. The van der Waals surface area contributed by atoms with E-state index in [1.54, 1.807) is 42.5 Å². The van der Waals surface area contributed by atoms with Gasteiger partial charge in [0, 0.05) is 37.8 Å². The average molecular weight is 312 g/mol. The number of carbonyl (C=O) groups is 1. The van der Waals surface area contributed by atoms with Gasteiger partial charge >= 0.3 is 0 Å². The minimum atomic E-state index is -0.289. The Morgan fingerprint density at radius 2 is 2.22 bits per heavy atom. The molecule has 7 nitrogen and oxygen atoms in total. The number of methoxy groups -OCH3 is 1. The second kappa shape index (κ2) is 6.89. The molecule has 118 valence electrons. The van der Waals surface area contributed by atoms with Gasteiger partial charge in [0.15, 0.2) is 11.6 Å². The number of amides is 1. The van der Waals surface area contributed by atoms with Crippen molar-refractivity contribution in [2.24, 2.45) is 0 Å². The van der Waals surface area contributed by atoms with Crippen LogP contribution >= 0.6 is 0 Å². The molecule has 0 aromatic carbocycles. The van der Waals surface area contributed by atoms with Gasteiger partial charge in [-0.05, 0) is 24.3 Å². The molecule has 3 heterocycles. The number of furan rings is 1. The molecule has 3 aromatic heterocycles. The third-order valence-electron chi connectivity index (χ3n) is 3.20. The lowest BCUT2D eigenvalue weighted by Gasteiger charge is -2.09. The highest BCUT2D eigenvalue weighted by molar-refractivity contribution is 5.91. The Labute approximate surface area is 132 Å². The average Bonchev–Trinajstić information content (AvgIpc) is 3.25. The number of hydrogen-bond donors (Lipinski definition) is 1. The maximum absolute atomic E-state index is 12.1. The van der Waals surface area contributed by atoms with Crippen LogP contribution in [0.5, 0.6) is 0 Å². The SMILES string of the molecule is COCc1ccc(C(=O)NCc2cccnc2-n2cccn2)o1. The van der Waals surface area contributed by atoms with E-state index >= 15 is 0 Å². The van der Waals surface area contributed by atoms with E-state index in [0.29, 0.717) is 24.7 Å². The number of carbonyl (C=O) groups excluding carboxylic acids is 1. The standard InChI is InChI=1S/C16H16N4O3/c1-22-11-13-5-6-14(23-13)16(21)18-10-12-4-2-7-17-15(12)20-9-3-8-19-20/h2-9H,10-11H2,1H3,(H,18,21). The van der Waals surface area contributed by atoms with Crippen molar-refractivity contribution < 1.29 is 13.9 Å². The summed E-state index contributed by atoms with van der Waals surface area (Å²) in [5, 5.41) is 6.98. The Bertz CT molecular complexity index is 780. The molecule has 7 heteroatoms. The van der Waals surface area contributed by atoms with E-state index in [4.69, 9.17) is 9.15 Å². The third kappa shape index (κ3) is 3.46. The first-order valence-electron chi connectivity index (χ1n) is 7.07. The smallest absolute Gasteiger partial charge is 0.287 e. The molecule has 1 N–H and O–H groups in total. The normalized spacial score (nSPS) is 10.7. The van der Waals surface area contributed by atoms with Gasteiger partial charge in [0.2, 0.25) is 0 Å². The summed E-state index contributed by atoms with van der Waals surface area (Å²) in [5.74, 6) is 1.25. The zero-order valence-corrected chi connectivity index (χ0v) is 12.6. The van der Waals surface area contributed by atoms with Gasteiger partial charge in [0.05, 0.1) is 0 Å². The van der Waals surface area contributed by atoms with Crippen LogP contribution in [0.4, 0.5) is 0 Å². The summed E-state index contributed by atoms with van der Waals surface area (Å²) in [4.78, 5) is 16.5. The van der Waals surface area contributed by atoms with Crippen molar-refractivity contribution in [2.75, 3.05) is 7.11 Å². The predicted octanol–water partition coefficient (Wildman–Crippen LogP) is 1.94. The minimum absolute atomic E-state index is 0.251. The van der Waals surface area contributed by atoms with Crippen LogP contribution in [0.3, 0.4) is 0 Å². The molecule has 3 rings (SSSR count). The van der Waals surface area contributed by atoms with Gasteiger partial charge in [0.25, 0.3) is 5.91 Å². The van der Waals surface area contributed by atoms with Gasteiger partial charge in [-0.2, -0.15) is 5.10 Å². The van der Waals surface area contributed by atoms with Crippen LogP contribution in [-0.2, 0) is 17.9 Å². The van der Waals surface area contributed by atoms with Crippen LogP contribution in [0.1, 0.15) is 21.9 Å². The number of ether oxygens (including phenoxy) is 1. The van der Waals surface area contributed by atoms with Gasteiger partial charge in [0.1, 0.15) is 12.4 Å². The number of pyridine rings is 1. The zero-order valence-electron chi connectivity index (χ0n) is 12.6. The number of rotatable bonds is 6. The minimum Gasteiger partial charge on any atom is -0.453 e. The van der Waals surface area contributed by atoms with Gasteiger partial charge < -0.3 is 14.5 Å². The maximum Gasteiger partial charge on any atom is 0.287 e. The largest absolute Gasteiger partial charge is 0.453 e. The Hall–Kier alpha value is -2.93. The first kappa shape index (κ1) is 15.0. The van der Waals surface area contributed by atoms with E-state index < -0.39 is 0 Å². The maximum atomic E-state index is 12.1. The number of nitrogens with zero attached hydrogens (tertiary/aromatic N) is 3. The Morgan fingerprint density at radius 3 is 3.00 bits per heavy atom. The summed E-state index contributed by atoms with van der Waals surface area (Å²) < 4.78 is 12.0. The molecular weight excluding hydrogens is 296 g/mol. The summed E-state index contributed by atoms with van der Waals surface area (Å²) in [7, 11) is 1.57. The second-order valence-electron chi connectivity index (χ2n) is 4.82. The topological polar surface area (TPSA) is 82.2 Å². The summed E-state index contributed by atoms with van der Waals surface area (Å²) in [5.41, 5.74) is 0.855. The summed E-state index contributed by atoms with van der Waals surface area (Å²) in [6, 6.07) is 8.87. The number of hydrogen-bond acceptors (Lipinski definition) is 5. The van der Waals surface area contributed by atoms with Gasteiger partial charge in [-0.1, -0.05) is 6.07 Å². The fourth-order valence-electron chi connectivity index (χ4n) is 2.15. The molecule has 0 aliphatic rings. The monoisotopic (exact) mass is 312 g/mol. The van der Waals surface area contributed by atoms with Crippen LogP contribution in [0.15, 0.2) is 53.3 Å². The van der Waals surface area contributed by atoms with Crippen LogP contribution in [-0.4, -0.2) is 27.8 Å². The van der Waals surface area contributed by atoms with Crippen molar-refractivity contribution >= 4 is 5.91 Å². The zero-order chi connectivity index (χ0) is 16.1. The molecule has 3 aromatic rings. The van der Waals surface area contributed by atoms with Crippen molar-refractivity contribution in [2.45, 2.75) is 13.2 Å². The van der Waals surface area contributed by atoms with Crippen molar-refractivity contribution in [3.05, 3.63) is 66.0 Å². The molecule has 1 amide bonds. The lowest BCUT2D eigenvalue weighted by Crippen LogP contribution is -2.23. The summed E-state index contributed by atoms with van der Waals surface area (Å²) in [6.45, 7) is 0.654. The van der Waals surface area contributed by atoms with Gasteiger partial charge in [-0.3, -0.25) is 4.79 Å². The first-order chi connectivity index (χ1) is 11.3. The molecule has 0 unspecified atom stereocenters. The molecule has 0 bridgehead atoms. The van der Waals surface area contributed by atoms with E-state index in [1.807, 2.05) is 18.2 Å².